The molecule has 0 spiro atoms. The lowest BCUT2D eigenvalue weighted by molar-refractivity contribution is -0.222. The Morgan fingerprint density at radius 3 is 1.53 bits per heavy atom. The normalized spacial score (nSPS) is 44.1. The number of alkyl halides is 8. The first-order chi connectivity index (χ1) is 29.3. The third-order valence-electron chi connectivity index (χ3n) is 16.9. The van der Waals surface area contributed by atoms with Crippen molar-refractivity contribution >= 4 is 5.97 Å². The molecule has 0 radical (unpaired) electrons. The van der Waals surface area contributed by atoms with Crippen LogP contribution >= 0.6 is 0 Å². The molecule has 352 valence electrons. The highest BCUT2D eigenvalue weighted by atomic mass is 19.3. The molecular formula is C46H64F8O8. The summed E-state index contributed by atoms with van der Waals surface area (Å²) in [4.78, 5) is 14.3. The van der Waals surface area contributed by atoms with Crippen molar-refractivity contribution in [3.8, 4) is 0 Å². The van der Waals surface area contributed by atoms with Crippen LogP contribution in [-0.2, 0) is 38.0 Å². The Hall–Kier alpha value is -1.59. The molecule has 9 fully saturated rings. The van der Waals surface area contributed by atoms with Gasteiger partial charge in [-0.2, -0.15) is 35.1 Å². The van der Waals surface area contributed by atoms with E-state index >= 15 is 0 Å². The van der Waals surface area contributed by atoms with Crippen LogP contribution in [0.1, 0.15) is 128 Å². The van der Waals surface area contributed by atoms with Gasteiger partial charge in [0, 0.05) is 17.8 Å². The summed E-state index contributed by atoms with van der Waals surface area (Å²) in [6.45, 7) is -1.19. The zero-order valence-electron chi connectivity index (χ0n) is 35.6. The van der Waals surface area contributed by atoms with E-state index in [1.165, 1.54) is 25.7 Å². The van der Waals surface area contributed by atoms with Gasteiger partial charge in [-0.05, 0) is 113 Å². The standard InChI is InChI=1S/C46H64F8O8/c1-27(41-11-3-7-30(18-41)16-33(20-41)37-57-23-43(47,48)44(49,50)24-58-37)9-10-35-36(62-39(61-35)32-14-28-5-2-6-29(13-28)15-32)22-56-40(55)42-12-4-8-31(19-42)17-34(21-42)38-59-25-45(51,52)46(53,54)26-60-38/h28-39H,1-26H2. The van der Waals surface area contributed by atoms with E-state index in [1.54, 1.807) is 0 Å². The van der Waals surface area contributed by atoms with Gasteiger partial charge in [-0.1, -0.05) is 57.1 Å². The SMILES string of the molecule is C=C(CCC1OC(C2CC3CCCC(C3)C2)OC1COC(=O)C12CCCC(CC(C3OCC(F)(F)C(F)(F)CO3)C1)C2)C12CCCC(CC(C3OCC(F)(F)C(F)(F)CO3)C1)C2. The van der Waals surface area contributed by atoms with Crippen LogP contribution in [0, 0.1) is 52.3 Å². The van der Waals surface area contributed by atoms with Crippen molar-refractivity contribution in [3.05, 3.63) is 12.2 Å². The van der Waals surface area contributed by atoms with E-state index < -0.39 is 98.5 Å². The fourth-order valence-electron chi connectivity index (χ4n) is 13.8. The number of allylic oxidation sites excluding steroid dienone is 1. The lowest BCUT2D eigenvalue weighted by atomic mass is 9.55. The Morgan fingerprint density at radius 1 is 0.532 bits per heavy atom. The summed E-state index contributed by atoms with van der Waals surface area (Å²) in [7, 11) is 0. The summed E-state index contributed by atoms with van der Waals surface area (Å²) in [5, 5.41) is 0. The van der Waals surface area contributed by atoms with E-state index in [-0.39, 0.29) is 42.1 Å². The molecule has 6 aliphatic carbocycles. The van der Waals surface area contributed by atoms with Crippen LogP contribution in [0.2, 0.25) is 0 Å². The van der Waals surface area contributed by atoms with Gasteiger partial charge in [0.25, 0.3) is 0 Å². The molecule has 9 rings (SSSR count). The van der Waals surface area contributed by atoms with Gasteiger partial charge < -0.3 is 33.2 Å². The molecule has 3 saturated heterocycles. The summed E-state index contributed by atoms with van der Waals surface area (Å²) in [5.74, 6) is -16.9. The van der Waals surface area contributed by atoms with Gasteiger partial charge in [-0.15, -0.1) is 0 Å². The number of fused-ring (bicyclic) bond motifs is 6. The van der Waals surface area contributed by atoms with Crippen molar-refractivity contribution in [2.24, 2.45) is 52.3 Å². The third-order valence-corrected chi connectivity index (χ3v) is 16.9. The number of esters is 1. The molecule has 11 atom stereocenters. The highest BCUT2D eigenvalue weighted by Crippen LogP contribution is 2.58. The van der Waals surface area contributed by atoms with Crippen LogP contribution in [0.5, 0.6) is 0 Å². The van der Waals surface area contributed by atoms with E-state index in [1.807, 2.05) is 0 Å². The van der Waals surface area contributed by atoms with Crippen LogP contribution in [0.25, 0.3) is 0 Å². The fraction of sp³-hybridized carbons (Fsp3) is 0.935. The van der Waals surface area contributed by atoms with Crippen LogP contribution in [0.3, 0.4) is 0 Å². The second kappa shape index (κ2) is 17.2. The number of rotatable bonds is 10. The van der Waals surface area contributed by atoms with Gasteiger partial charge in [0.05, 0.1) is 11.5 Å². The van der Waals surface area contributed by atoms with Crippen molar-refractivity contribution < 1.29 is 73.1 Å². The van der Waals surface area contributed by atoms with Gasteiger partial charge in [-0.3, -0.25) is 4.79 Å². The molecule has 62 heavy (non-hydrogen) atoms. The maximum Gasteiger partial charge on any atom is 0.335 e. The van der Waals surface area contributed by atoms with Crippen LogP contribution in [0.4, 0.5) is 35.1 Å². The Labute approximate surface area is 359 Å². The van der Waals surface area contributed by atoms with Crippen molar-refractivity contribution in [1.82, 2.24) is 0 Å². The lowest BCUT2D eigenvalue weighted by Gasteiger charge is -2.51. The van der Waals surface area contributed by atoms with Crippen molar-refractivity contribution in [2.75, 3.05) is 33.0 Å². The predicted octanol–water partition coefficient (Wildman–Crippen LogP) is 10.7. The van der Waals surface area contributed by atoms with E-state index in [0.29, 0.717) is 56.8 Å². The Balaban J connectivity index is 0.872. The Morgan fingerprint density at radius 2 is 0.984 bits per heavy atom. The minimum absolute atomic E-state index is 0.0566. The molecule has 3 aliphatic heterocycles. The average molecular weight is 897 g/mol. The van der Waals surface area contributed by atoms with Crippen LogP contribution in [0.15, 0.2) is 12.2 Å². The van der Waals surface area contributed by atoms with E-state index in [9.17, 15) is 39.9 Å². The molecule has 0 aromatic heterocycles. The molecule has 0 N–H and O–H groups in total. The second-order valence-electron chi connectivity index (χ2n) is 21.3. The first-order valence-corrected chi connectivity index (χ1v) is 23.5. The molecule has 3 heterocycles. The fourth-order valence-corrected chi connectivity index (χ4v) is 13.8. The maximum absolute atomic E-state index is 14.3. The summed E-state index contributed by atoms with van der Waals surface area (Å²) in [6, 6.07) is 0. The number of ether oxygens (including phenoxy) is 7. The summed E-state index contributed by atoms with van der Waals surface area (Å²) >= 11 is 0. The first-order valence-electron chi connectivity index (χ1n) is 23.5. The highest BCUT2D eigenvalue weighted by molar-refractivity contribution is 5.77. The van der Waals surface area contributed by atoms with Crippen molar-refractivity contribution in [1.29, 1.82) is 0 Å². The van der Waals surface area contributed by atoms with Gasteiger partial charge in [0.1, 0.15) is 39.1 Å². The molecule has 8 nitrogen and oxygen atoms in total. The molecule has 9 aliphatic rings. The number of halogens is 8. The summed E-state index contributed by atoms with van der Waals surface area (Å²) in [5.41, 5.74) is -0.295. The summed E-state index contributed by atoms with van der Waals surface area (Å²) in [6.07, 6.45) is 12.2. The number of carbonyl (C=O) groups is 1. The molecule has 16 heteroatoms. The zero-order chi connectivity index (χ0) is 43.7. The van der Waals surface area contributed by atoms with Gasteiger partial charge >= 0.3 is 29.7 Å². The van der Waals surface area contributed by atoms with Gasteiger partial charge in [-0.25, -0.2) is 0 Å². The molecule has 6 bridgehead atoms. The molecule has 0 amide bonds. The van der Waals surface area contributed by atoms with Gasteiger partial charge in [0.15, 0.2) is 18.9 Å². The van der Waals surface area contributed by atoms with E-state index in [0.717, 1.165) is 56.9 Å². The van der Waals surface area contributed by atoms with Crippen molar-refractivity contribution in [3.63, 3.8) is 0 Å². The zero-order valence-corrected chi connectivity index (χ0v) is 35.6. The summed E-state index contributed by atoms with van der Waals surface area (Å²) < 4.78 is 155. The minimum atomic E-state index is -4.37. The lowest BCUT2D eigenvalue weighted by Crippen LogP contribution is -2.47. The van der Waals surface area contributed by atoms with Crippen molar-refractivity contribution in [2.45, 2.75) is 183 Å². The Bertz CT molecular complexity index is 1490. The second-order valence-corrected chi connectivity index (χ2v) is 21.3. The topological polar surface area (TPSA) is 81.7 Å². The van der Waals surface area contributed by atoms with E-state index in [2.05, 4.69) is 6.58 Å². The smallest absolute Gasteiger partial charge is 0.335 e. The quantitative estimate of drug-likeness (QED) is 0.122. The number of hydrogen-bond donors (Lipinski definition) is 0. The average Bonchev–Trinajstić information content (AvgIpc) is 3.54. The number of hydrogen-bond acceptors (Lipinski definition) is 8. The van der Waals surface area contributed by atoms with Crippen LogP contribution in [-0.4, -0.2) is 93.8 Å². The molecule has 6 saturated carbocycles. The largest absolute Gasteiger partial charge is 0.462 e. The first kappa shape index (κ1) is 45.6. The molecule has 11 unspecified atom stereocenters. The molecular weight excluding hydrogens is 832 g/mol. The Kier molecular flexibility index (Phi) is 12.7. The third kappa shape index (κ3) is 8.98. The monoisotopic (exact) mass is 896 g/mol. The van der Waals surface area contributed by atoms with Gasteiger partial charge in [0.2, 0.25) is 0 Å². The number of carbonyl (C=O) groups excluding carboxylic acids is 1. The minimum Gasteiger partial charge on any atom is -0.462 e. The predicted molar refractivity (Wildman–Crippen MR) is 206 cm³/mol. The van der Waals surface area contributed by atoms with E-state index in [4.69, 9.17) is 33.2 Å². The van der Waals surface area contributed by atoms with Crippen LogP contribution < -0.4 is 0 Å². The molecule has 0 aromatic carbocycles. The molecule has 0 aromatic rings. The maximum atomic E-state index is 14.3. The highest BCUT2D eigenvalue weighted by Gasteiger charge is 2.62.